The van der Waals surface area contributed by atoms with Crippen LogP contribution in [0.4, 0.5) is 11.4 Å². The number of non-ortho nitro benzene ring substituents is 1. The number of carbonyl (C=O) groups is 1. The van der Waals surface area contributed by atoms with Crippen molar-refractivity contribution in [2.24, 2.45) is 5.92 Å². The molecule has 3 rings (SSSR count). The van der Waals surface area contributed by atoms with Crippen molar-refractivity contribution < 1.29 is 9.72 Å². The van der Waals surface area contributed by atoms with Gasteiger partial charge in [-0.25, -0.2) is 0 Å². The van der Waals surface area contributed by atoms with E-state index < -0.39 is 4.92 Å². The van der Waals surface area contributed by atoms with Crippen molar-refractivity contribution in [3.63, 3.8) is 0 Å². The van der Waals surface area contributed by atoms with Crippen LogP contribution in [-0.2, 0) is 11.3 Å². The summed E-state index contributed by atoms with van der Waals surface area (Å²) in [6.45, 7) is 3.84. The number of nitrogens with one attached hydrogen (secondary N) is 1. The van der Waals surface area contributed by atoms with Crippen molar-refractivity contribution in [2.45, 2.75) is 26.3 Å². The molecule has 1 fully saturated rings. The van der Waals surface area contributed by atoms with Gasteiger partial charge in [-0.05, 0) is 44.0 Å². The van der Waals surface area contributed by atoms with E-state index in [1.165, 1.54) is 12.1 Å². The number of piperidine rings is 1. The standard InChI is InChI=1S/C20H21Cl2N3O3/c1-13-7-8-15(25(27)28)10-19(13)23-20(26)14-4-3-9-24(11-14)12-16-17(21)5-2-6-18(16)22/h2,5-8,10,14H,3-4,9,11-12H2,1H3,(H,23,26). The molecule has 0 radical (unpaired) electrons. The Bertz CT molecular complexity index is 884. The number of hydrogen-bond acceptors (Lipinski definition) is 4. The summed E-state index contributed by atoms with van der Waals surface area (Å²) in [4.78, 5) is 25.5. The first-order chi connectivity index (χ1) is 13.3. The highest BCUT2D eigenvalue weighted by atomic mass is 35.5. The number of rotatable bonds is 5. The molecule has 1 aliphatic rings. The van der Waals surface area contributed by atoms with Crippen molar-refractivity contribution in [3.05, 3.63) is 67.7 Å². The van der Waals surface area contributed by atoms with Crippen LogP contribution in [0.5, 0.6) is 0 Å². The third-order valence-electron chi connectivity index (χ3n) is 5.01. The zero-order valence-electron chi connectivity index (χ0n) is 15.5. The highest BCUT2D eigenvalue weighted by Crippen LogP contribution is 2.29. The Morgan fingerprint density at radius 2 is 2.00 bits per heavy atom. The molecule has 1 amide bonds. The van der Waals surface area contributed by atoms with Crippen LogP contribution in [0.15, 0.2) is 36.4 Å². The number of nitrogens with zero attached hydrogens (tertiary/aromatic N) is 2. The maximum Gasteiger partial charge on any atom is 0.271 e. The summed E-state index contributed by atoms with van der Waals surface area (Å²) in [5.41, 5.74) is 2.08. The number of likely N-dealkylation sites (tertiary alicyclic amines) is 1. The van der Waals surface area contributed by atoms with E-state index in [1.807, 2.05) is 25.1 Å². The van der Waals surface area contributed by atoms with Gasteiger partial charge in [-0.3, -0.25) is 19.8 Å². The molecule has 2 aromatic carbocycles. The van der Waals surface area contributed by atoms with E-state index in [-0.39, 0.29) is 17.5 Å². The van der Waals surface area contributed by atoms with Crippen molar-refractivity contribution in [2.75, 3.05) is 18.4 Å². The summed E-state index contributed by atoms with van der Waals surface area (Å²) < 4.78 is 0. The predicted octanol–water partition coefficient (Wildman–Crippen LogP) is 5.06. The highest BCUT2D eigenvalue weighted by Gasteiger charge is 2.27. The summed E-state index contributed by atoms with van der Waals surface area (Å²) in [5.74, 6) is -0.327. The van der Waals surface area contributed by atoms with Gasteiger partial charge in [0.2, 0.25) is 5.91 Å². The van der Waals surface area contributed by atoms with Gasteiger partial charge in [0.1, 0.15) is 0 Å². The molecule has 1 saturated heterocycles. The highest BCUT2D eigenvalue weighted by molar-refractivity contribution is 6.35. The fraction of sp³-hybridized carbons (Fsp3) is 0.350. The minimum Gasteiger partial charge on any atom is -0.325 e. The average molecular weight is 422 g/mol. The molecular weight excluding hydrogens is 401 g/mol. The summed E-state index contributed by atoms with van der Waals surface area (Å²) in [7, 11) is 0. The quantitative estimate of drug-likeness (QED) is 0.540. The first-order valence-electron chi connectivity index (χ1n) is 9.06. The van der Waals surface area contributed by atoms with Gasteiger partial charge in [0, 0.05) is 40.8 Å². The maximum absolute atomic E-state index is 12.8. The molecule has 1 heterocycles. The van der Waals surface area contributed by atoms with Gasteiger partial charge in [0.25, 0.3) is 5.69 Å². The maximum atomic E-state index is 12.8. The lowest BCUT2D eigenvalue weighted by atomic mass is 9.96. The number of carbonyl (C=O) groups excluding carboxylic acids is 1. The molecule has 2 aromatic rings. The second kappa shape index (κ2) is 8.90. The molecule has 8 heteroatoms. The Hall–Kier alpha value is -2.15. The molecule has 148 valence electrons. The third kappa shape index (κ3) is 4.82. The van der Waals surface area contributed by atoms with E-state index >= 15 is 0 Å². The summed E-state index contributed by atoms with van der Waals surface area (Å²) >= 11 is 12.5. The van der Waals surface area contributed by atoms with Gasteiger partial charge in [-0.2, -0.15) is 0 Å². The van der Waals surface area contributed by atoms with Crippen molar-refractivity contribution in [1.29, 1.82) is 0 Å². The zero-order chi connectivity index (χ0) is 20.3. The van der Waals surface area contributed by atoms with Crippen LogP contribution in [0, 0.1) is 23.0 Å². The molecule has 0 spiro atoms. The number of benzene rings is 2. The van der Waals surface area contributed by atoms with Crippen LogP contribution in [0.3, 0.4) is 0 Å². The monoisotopic (exact) mass is 421 g/mol. The van der Waals surface area contributed by atoms with E-state index in [9.17, 15) is 14.9 Å². The van der Waals surface area contributed by atoms with Crippen LogP contribution in [0.25, 0.3) is 0 Å². The molecule has 1 N–H and O–H groups in total. The molecule has 1 unspecified atom stereocenters. The molecule has 0 aromatic heterocycles. The Balaban J connectivity index is 1.68. The van der Waals surface area contributed by atoms with Crippen LogP contribution in [0.2, 0.25) is 10.0 Å². The topological polar surface area (TPSA) is 75.5 Å². The fourth-order valence-electron chi connectivity index (χ4n) is 3.41. The van der Waals surface area contributed by atoms with E-state index in [1.54, 1.807) is 6.07 Å². The lowest BCUT2D eigenvalue weighted by Crippen LogP contribution is -2.40. The molecule has 6 nitrogen and oxygen atoms in total. The lowest BCUT2D eigenvalue weighted by Gasteiger charge is -2.32. The Morgan fingerprint density at radius 1 is 1.29 bits per heavy atom. The van der Waals surface area contributed by atoms with E-state index in [2.05, 4.69) is 10.2 Å². The summed E-state index contributed by atoms with van der Waals surface area (Å²) in [6.07, 6.45) is 1.65. The molecule has 1 aliphatic heterocycles. The summed E-state index contributed by atoms with van der Waals surface area (Å²) in [6, 6.07) is 9.89. The number of nitro groups is 1. The molecule has 0 aliphatic carbocycles. The smallest absolute Gasteiger partial charge is 0.271 e. The third-order valence-corrected chi connectivity index (χ3v) is 5.72. The first-order valence-corrected chi connectivity index (χ1v) is 9.82. The number of amides is 1. The van der Waals surface area contributed by atoms with Crippen LogP contribution in [-0.4, -0.2) is 28.8 Å². The average Bonchev–Trinajstić information content (AvgIpc) is 2.66. The second-order valence-electron chi connectivity index (χ2n) is 7.02. The molecule has 0 saturated carbocycles. The van der Waals surface area contributed by atoms with Gasteiger partial charge in [0.15, 0.2) is 0 Å². The minimum absolute atomic E-state index is 0.0421. The number of hydrogen-bond donors (Lipinski definition) is 1. The molecular formula is C20H21Cl2N3O3. The number of anilines is 1. The fourth-order valence-corrected chi connectivity index (χ4v) is 3.93. The van der Waals surface area contributed by atoms with Gasteiger partial charge in [-0.15, -0.1) is 0 Å². The Kier molecular flexibility index (Phi) is 6.54. The van der Waals surface area contributed by atoms with Crippen molar-refractivity contribution >= 4 is 40.5 Å². The Labute approximate surface area is 173 Å². The van der Waals surface area contributed by atoms with Crippen molar-refractivity contribution in [3.8, 4) is 0 Å². The lowest BCUT2D eigenvalue weighted by molar-refractivity contribution is -0.384. The number of aryl methyl sites for hydroxylation is 1. The van der Waals surface area contributed by atoms with Gasteiger partial charge in [0.05, 0.1) is 16.5 Å². The van der Waals surface area contributed by atoms with E-state index in [4.69, 9.17) is 23.2 Å². The van der Waals surface area contributed by atoms with Crippen LogP contribution in [0.1, 0.15) is 24.0 Å². The van der Waals surface area contributed by atoms with E-state index in [0.717, 1.165) is 30.5 Å². The number of halogens is 2. The first kappa shape index (κ1) is 20.6. The normalized spacial score (nSPS) is 17.3. The van der Waals surface area contributed by atoms with Crippen LogP contribution < -0.4 is 5.32 Å². The van der Waals surface area contributed by atoms with Gasteiger partial charge in [-0.1, -0.05) is 35.3 Å². The Morgan fingerprint density at radius 3 is 2.68 bits per heavy atom. The molecule has 1 atom stereocenters. The molecule has 0 bridgehead atoms. The minimum atomic E-state index is -0.467. The predicted molar refractivity (Wildman–Crippen MR) is 111 cm³/mol. The zero-order valence-corrected chi connectivity index (χ0v) is 17.0. The van der Waals surface area contributed by atoms with Gasteiger partial charge >= 0.3 is 0 Å². The SMILES string of the molecule is Cc1ccc([N+](=O)[O-])cc1NC(=O)C1CCCN(Cc2c(Cl)cccc2Cl)C1. The van der Waals surface area contributed by atoms with E-state index in [0.29, 0.717) is 28.8 Å². The largest absolute Gasteiger partial charge is 0.325 e. The summed E-state index contributed by atoms with van der Waals surface area (Å²) in [5, 5.41) is 15.1. The second-order valence-corrected chi connectivity index (χ2v) is 7.83. The van der Waals surface area contributed by atoms with Gasteiger partial charge < -0.3 is 5.32 Å². The van der Waals surface area contributed by atoms with Crippen molar-refractivity contribution in [1.82, 2.24) is 4.90 Å². The number of nitro benzene ring substituents is 1. The molecule has 28 heavy (non-hydrogen) atoms. The van der Waals surface area contributed by atoms with Crippen LogP contribution >= 0.6 is 23.2 Å².